The monoisotopic (exact) mass is 381 g/mol. The smallest absolute Gasteiger partial charge is 0.319 e. The Kier molecular flexibility index (Phi) is 4.73. The fourth-order valence-electron chi connectivity index (χ4n) is 4.58. The molecule has 1 unspecified atom stereocenters. The third-order valence-corrected chi connectivity index (χ3v) is 6.23. The van der Waals surface area contributed by atoms with Gasteiger partial charge in [-0.05, 0) is 69.1 Å². The van der Waals surface area contributed by atoms with E-state index >= 15 is 0 Å². The van der Waals surface area contributed by atoms with Gasteiger partial charge in [0.15, 0.2) is 0 Å². The van der Waals surface area contributed by atoms with Gasteiger partial charge in [0.25, 0.3) is 5.91 Å². The number of carbonyl (C=O) groups excluding carboxylic acids is 3. The van der Waals surface area contributed by atoms with E-state index in [1.807, 2.05) is 19.1 Å². The van der Waals surface area contributed by atoms with Gasteiger partial charge in [-0.1, -0.05) is 24.3 Å². The highest BCUT2D eigenvalue weighted by atomic mass is 16.2. The van der Waals surface area contributed by atoms with Crippen LogP contribution in [0.15, 0.2) is 30.0 Å². The average Bonchev–Trinajstić information content (AvgIpc) is 3.40. The number of hydrogen-bond donors (Lipinski definition) is 1. The molecule has 1 aliphatic heterocycles. The number of amides is 4. The lowest BCUT2D eigenvalue weighted by Crippen LogP contribution is -2.44. The van der Waals surface area contributed by atoms with Crippen LogP contribution in [0.4, 0.5) is 4.79 Å². The van der Waals surface area contributed by atoms with Crippen LogP contribution in [0.1, 0.15) is 56.2 Å². The Balaban J connectivity index is 1.54. The molecule has 1 N–H and O–H groups in total. The second kappa shape index (κ2) is 7.08. The molecule has 0 aromatic heterocycles. The van der Waals surface area contributed by atoms with Crippen LogP contribution in [-0.4, -0.2) is 40.7 Å². The van der Waals surface area contributed by atoms with Gasteiger partial charge in [0.2, 0.25) is 5.91 Å². The van der Waals surface area contributed by atoms with Crippen molar-refractivity contribution in [1.29, 1.82) is 0 Å². The van der Waals surface area contributed by atoms with Gasteiger partial charge in [-0.25, -0.2) is 4.79 Å². The fraction of sp³-hybridized carbons (Fsp3) is 0.500. The molecule has 1 atom stereocenters. The highest BCUT2D eigenvalue weighted by molar-refractivity contribution is 6.09. The highest BCUT2D eigenvalue weighted by Crippen LogP contribution is 2.32. The molecule has 0 radical (unpaired) electrons. The zero-order chi connectivity index (χ0) is 19.9. The fourth-order valence-corrected chi connectivity index (χ4v) is 4.58. The van der Waals surface area contributed by atoms with E-state index in [1.165, 1.54) is 11.1 Å². The van der Waals surface area contributed by atoms with Crippen molar-refractivity contribution in [3.8, 4) is 0 Å². The topological polar surface area (TPSA) is 69.7 Å². The lowest BCUT2D eigenvalue weighted by atomic mass is 9.89. The Bertz CT molecular complexity index is 876. The van der Waals surface area contributed by atoms with Crippen molar-refractivity contribution in [3.63, 3.8) is 0 Å². The molecule has 0 spiro atoms. The van der Waals surface area contributed by atoms with Crippen LogP contribution < -0.4 is 5.32 Å². The van der Waals surface area contributed by atoms with E-state index in [9.17, 15) is 14.4 Å². The first-order valence-corrected chi connectivity index (χ1v) is 10.2. The molecule has 6 nitrogen and oxygen atoms in total. The third-order valence-electron chi connectivity index (χ3n) is 6.23. The molecule has 28 heavy (non-hydrogen) atoms. The summed E-state index contributed by atoms with van der Waals surface area (Å²) in [6.07, 6.45) is 8.14. The van der Waals surface area contributed by atoms with Crippen LogP contribution in [0.2, 0.25) is 0 Å². The van der Waals surface area contributed by atoms with Crippen molar-refractivity contribution in [2.45, 2.75) is 57.9 Å². The summed E-state index contributed by atoms with van der Waals surface area (Å²) in [5, 5.41) is 2.82. The summed E-state index contributed by atoms with van der Waals surface area (Å²) in [6.45, 7) is 3.95. The molecule has 148 valence electrons. The lowest BCUT2D eigenvalue weighted by Gasteiger charge is -2.25. The van der Waals surface area contributed by atoms with Crippen molar-refractivity contribution >= 4 is 17.8 Å². The molecule has 1 saturated heterocycles. The van der Waals surface area contributed by atoms with Crippen molar-refractivity contribution in [2.75, 3.05) is 13.1 Å². The van der Waals surface area contributed by atoms with Gasteiger partial charge in [-0.2, -0.15) is 0 Å². The number of fused-ring (bicyclic) bond motifs is 1. The van der Waals surface area contributed by atoms with Crippen molar-refractivity contribution in [3.05, 3.63) is 46.7 Å². The molecule has 4 amide bonds. The Morgan fingerprint density at radius 3 is 2.68 bits per heavy atom. The van der Waals surface area contributed by atoms with E-state index in [0.717, 1.165) is 54.7 Å². The molecule has 1 heterocycles. The van der Waals surface area contributed by atoms with E-state index in [4.69, 9.17) is 0 Å². The van der Waals surface area contributed by atoms with Crippen molar-refractivity contribution in [1.82, 2.24) is 15.1 Å². The normalized spacial score (nSPS) is 23.6. The second-order valence-corrected chi connectivity index (χ2v) is 8.01. The maximum Gasteiger partial charge on any atom is 0.325 e. The summed E-state index contributed by atoms with van der Waals surface area (Å²) in [4.78, 5) is 41.3. The summed E-state index contributed by atoms with van der Waals surface area (Å²) < 4.78 is 0. The predicted octanol–water partition coefficient (Wildman–Crippen LogP) is 2.86. The van der Waals surface area contributed by atoms with Gasteiger partial charge < -0.3 is 10.2 Å². The van der Waals surface area contributed by atoms with Crippen LogP contribution in [0.25, 0.3) is 0 Å². The minimum Gasteiger partial charge on any atom is -0.319 e. The van der Waals surface area contributed by atoms with Crippen LogP contribution in [0.3, 0.4) is 0 Å². The molecule has 4 rings (SSSR count). The van der Waals surface area contributed by atoms with Gasteiger partial charge >= 0.3 is 6.03 Å². The standard InChI is InChI=1S/C22H27N3O3/c1-3-24(18-9-4-5-10-18)19(26)14-25-20(27)22(2,23-21(25)28)17-12-11-15-7-6-8-16(15)13-17/h9,11-13H,3-8,10,14H2,1-2H3,(H,23,28). The number of urea groups is 1. The largest absolute Gasteiger partial charge is 0.325 e. The molecule has 6 heteroatoms. The number of nitrogens with one attached hydrogen (secondary N) is 1. The Hall–Kier alpha value is -2.63. The number of benzene rings is 1. The molecule has 1 aromatic carbocycles. The SMILES string of the molecule is CCN(C(=O)CN1C(=O)NC(C)(c2ccc3c(c2)CCC3)C1=O)C1=CCCC1. The minimum absolute atomic E-state index is 0.211. The van der Waals surface area contributed by atoms with Gasteiger partial charge in [0, 0.05) is 12.2 Å². The van der Waals surface area contributed by atoms with Crippen LogP contribution in [0, 0.1) is 0 Å². The second-order valence-electron chi connectivity index (χ2n) is 8.01. The highest BCUT2D eigenvalue weighted by Gasteiger charge is 2.50. The molecule has 2 aliphatic carbocycles. The average molecular weight is 381 g/mol. The zero-order valence-corrected chi connectivity index (χ0v) is 16.6. The zero-order valence-electron chi connectivity index (χ0n) is 16.6. The molecule has 0 bridgehead atoms. The molecular formula is C22H27N3O3. The maximum atomic E-state index is 13.2. The number of nitrogens with zero attached hydrogens (tertiary/aromatic N) is 2. The number of carbonyl (C=O) groups is 3. The van der Waals surface area contributed by atoms with E-state index in [0.29, 0.717) is 6.54 Å². The number of imide groups is 1. The maximum absolute atomic E-state index is 13.2. The van der Waals surface area contributed by atoms with Crippen LogP contribution in [0.5, 0.6) is 0 Å². The number of likely N-dealkylation sites (N-methyl/N-ethyl adjacent to an activating group) is 1. The van der Waals surface area contributed by atoms with Gasteiger partial charge in [0.1, 0.15) is 12.1 Å². The first-order chi connectivity index (χ1) is 13.4. The minimum atomic E-state index is -1.13. The van der Waals surface area contributed by atoms with Gasteiger partial charge in [-0.15, -0.1) is 0 Å². The van der Waals surface area contributed by atoms with Crippen LogP contribution >= 0.6 is 0 Å². The predicted molar refractivity (Wildman–Crippen MR) is 105 cm³/mol. The van der Waals surface area contributed by atoms with E-state index < -0.39 is 11.6 Å². The molecule has 1 fully saturated rings. The first kappa shape index (κ1) is 18.7. The summed E-state index contributed by atoms with van der Waals surface area (Å²) in [7, 11) is 0. The molecular weight excluding hydrogens is 354 g/mol. The number of aryl methyl sites for hydroxylation is 2. The summed E-state index contributed by atoms with van der Waals surface area (Å²) >= 11 is 0. The molecule has 1 aromatic rings. The summed E-state index contributed by atoms with van der Waals surface area (Å²) in [5.41, 5.74) is 3.23. The van der Waals surface area contributed by atoms with Gasteiger partial charge in [-0.3, -0.25) is 14.5 Å². The van der Waals surface area contributed by atoms with E-state index in [2.05, 4.69) is 17.5 Å². The Labute approximate surface area is 165 Å². The van der Waals surface area contributed by atoms with E-state index in [1.54, 1.807) is 11.8 Å². The number of rotatable bonds is 5. The van der Waals surface area contributed by atoms with Gasteiger partial charge in [0.05, 0.1) is 0 Å². The van der Waals surface area contributed by atoms with Crippen molar-refractivity contribution < 1.29 is 14.4 Å². The summed E-state index contributed by atoms with van der Waals surface area (Å²) in [5.74, 6) is -0.572. The summed E-state index contributed by atoms with van der Waals surface area (Å²) in [6, 6.07) is 5.52. The number of hydrogen-bond acceptors (Lipinski definition) is 3. The lowest BCUT2D eigenvalue weighted by molar-refractivity contribution is -0.137. The Morgan fingerprint density at radius 1 is 1.18 bits per heavy atom. The van der Waals surface area contributed by atoms with Crippen molar-refractivity contribution in [2.24, 2.45) is 0 Å². The third kappa shape index (κ3) is 3.01. The Morgan fingerprint density at radius 2 is 1.96 bits per heavy atom. The molecule has 0 saturated carbocycles. The molecule has 3 aliphatic rings. The van der Waals surface area contributed by atoms with E-state index in [-0.39, 0.29) is 18.4 Å². The van der Waals surface area contributed by atoms with Crippen LogP contribution in [-0.2, 0) is 28.0 Å². The quantitative estimate of drug-likeness (QED) is 0.798. The first-order valence-electron chi connectivity index (χ1n) is 10.2. The number of allylic oxidation sites excluding steroid dienone is 2.